The molecule has 6 nitrogen and oxygen atoms in total. The molecule has 0 aliphatic heterocycles. The smallest absolute Gasteiger partial charge is 0.306 e. The summed E-state index contributed by atoms with van der Waals surface area (Å²) < 4.78 is 28.7. The van der Waals surface area contributed by atoms with Crippen LogP contribution >= 0.6 is 0 Å². The third kappa shape index (κ3) is 4.12. The topological polar surface area (TPSA) is 78.4 Å². The standard InChI is InChI=1S/C18H17FN2O4/c1-11-15(12(2)25-21-11)7-8-18(22)23-10-17-20-9-16(24-17)13-3-5-14(19)6-4-13/h3-6,9H,7-8,10H2,1-2H3. The maximum absolute atomic E-state index is 12.9. The Hall–Kier alpha value is -2.96. The molecule has 0 radical (unpaired) electrons. The van der Waals surface area contributed by atoms with Gasteiger partial charge in [-0.15, -0.1) is 0 Å². The SMILES string of the molecule is Cc1noc(C)c1CCC(=O)OCc1ncc(-c2ccc(F)cc2)o1. The number of halogens is 1. The molecule has 7 heteroatoms. The first-order chi connectivity index (χ1) is 12.0. The van der Waals surface area contributed by atoms with E-state index in [0.29, 0.717) is 23.5 Å². The molecule has 130 valence electrons. The number of hydrogen-bond acceptors (Lipinski definition) is 6. The molecule has 3 rings (SSSR count). The van der Waals surface area contributed by atoms with E-state index >= 15 is 0 Å². The Kier molecular flexibility index (Phi) is 4.92. The van der Waals surface area contributed by atoms with Crippen LogP contribution in [0.2, 0.25) is 0 Å². The zero-order chi connectivity index (χ0) is 17.8. The van der Waals surface area contributed by atoms with Crippen molar-refractivity contribution in [2.45, 2.75) is 33.3 Å². The third-order valence-corrected chi connectivity index (χ3v) is 3.80. The zero-order valence-corrected chi connectivity index (χ0v) is 13.9. The van der Waals surface area contributed by atoms with E-state index in [1.54, 1.807) is 12.1 Å². The van der Waals surface area contributed by atoms with Crippen molar-refractivity contribution in [3.05, 3.63) is 59.2 Å². The van der Waals surface area contributed by atoms with Gasteiger partial charge in [0.05, 0.1) is 11.9 Å². The van der Waals surface area contributed by atoms with Gasteiger partial charge in [-0.2, -0.15) is 0 Å². The van der Waals surface area contributed by atoms with Crippen molar-refractivity contribution < 1.29 is 22.9 Å². The Morgan fingerprint density at radius 2 is 2.00 bits per heavy atom. The Morgan fingerprint density at radius 1 is 1.24 bits per heavy atom. The van der Waals surface area contributed by atoms with Crippen LogP contribution in [0.4, 0.5) is 4.39 Å². The molecular formula is C18H17FN2O4. The van der Waals surface area contributed by atoms with Gasteiger partial charge in [-0.3, -0.25) is 4.79 Å². The largest absolute Gasteiger partial charge is 0.456 e. The highest BCUT2D eigenvalue weighted by atomic mass is 19.1. The number of rotatable bonds is 6. The fraction of sp³-hybridized carbons (Fsp3) is 0.278. The van der Waals surface area contributed by atoms with E-state index in [2.05, 4.69) is 10.1 Å². The number of benzene rings is 1. The molecule has 0 fully saturated rings. The van der Waals surface area contributed by atoms with Crippen molar-refractivity contribution in [3.63, 3.8) is 0 Å². The lowest BCUT2D eigenvalue weighted by Crippen LogP contribution is -2.06. The number of aryl methyl sites for hydroxylation is 2. The quantitative estimate of drug-likeness (QED) is 0.634. The zero-order valence-electron chi connectivity index (χ0n) is 13.9. The van der Waals surface area contributed by atoms with Crippen LogP contribution in [0, 0.1) is 19.7 Å². The first-order valence-corrected chi connectivity index (χ1v) is 7.81. The molecule has 0 saturated heterocycles. The molecule has 0 aliphatic carbocycles. The average molecular weight is 344 g/mol. The summed E-state index contributed by atoms with van der Waals surface area (Å²) in [5, 5.41) is 3.85. The summed E-state index contributed by atoms with van der Waals surface area (Å²) in [6, 6.07) is 5.86. The number of carbonyl (C=O) groups excluding carboxylic acids is 1. The van der Waals surface area contributed by atoms with Gasteiger partial charge in [0.2, 0.25) is 5.89 Å². The Morgan fingerprint density at radius 3 is 2.68 bits per heavy atom. The number of esters is 1. The Balaban J connectivity index is 1.52. The minimum atomic E-state index is -0.360. The highest BCUT2D eigenvalue weighted by Gasteiger charge is 2.13. The molecule has 0 bridgehead atoms. The second-order valence-electron chi connectivity index (χ2n) is 5.59. The summed E-state index contributed by atoms with van der Waals surface area (Å²) in [7, 11) is 0. The van der Waals surface area contributed by atoms with Crippen LogP contribution in [0.15, 0.2) is 39.4 Å². The van der Waals surface area contributed by atoms with E-state index in [-0.39, 0.29) is 30.7 Å². The predicted octanol–water partition coefficient (Wildman–Crippen LogP) is 3.76. The van der Waals surface area contributed by atoms with Crippen LogP contribution in [-0.2, 0) is 22.6 Å². The van der Waals surface area contributed by atoms with Gasteiger partial charge in [-0.25, -0.2) is 9.37 Å². The lowest BCUT2D eigenvalue weighted by molar-refractivity contribution is -0.145. The minimum absolute atomic E-state index is 0.0539. The third-order valence-electron chi connectivity index (χ3n) is 3.80. The second-order valence-corrected chi connectivity index (χ2v) is 5.59. The minimum Gasteiger partial charge on any atom is -0.456 e. The first kappa shape index (κ1) is 16.9. The van der Waals surface area contributed by atoms with Gasteiger partial charge in [0.15, 0.2) is 12.4 Å². The summed E-state index contributed by atoms with van der Waals surface area (Å²) in [4.78, 5) is 15.9. The van der Waals surface area contributed by atoms with E-state index in [0.717, 1.165) is 11.3 Å². The van der Waals surface area contributed by atoms with Gasteiger partial charge >= 0.3 is 5.97 Å². The molecule has 0 spiro atoms. The summed E-state index contributed by atoms with van der Waals surface area (Å²) in [5.41, 5.74) is 2.40. The highest BCUT2D eigenvalue weighted by molar-refractivity contribution is 5.69. The van der Waals surface area contributed by atoms with Gasteiger partial charge in [0, 0.05) is 17.5 Å². The number of carbonyl (C=O) groups is 1. The van der Waals surface area contributed by atoms with E-state index in [9.17, 15) is 9.18 Å². The fourth-order valence-corrected chi connectivity index (χ4v) is 2.42. The number of ether oxygens (including phenoxy) is 1. The van der Waals surface area contributed by atoms with Crippen molar-refractivity contribution in [1.29, 1.82) is 0 Å². The van der Waals surface area contributed by atoms with Crippen LogP contribution in [0.3, 0.4) is 0 Å². The molecule has 25 heavy (non-hydrogen) atoms. The first-order valence-electron chi connectivity index (χ1n) is 7.81. The van der Waals surface area contributed by atoms with Gasteiger partial charge in [-0.1, -0.05) is 5.16 Å². The van der Waals surface area contributed by atoms with E-state index < -0.39 is 0 Å². The van der Waals surface area contributed by atoms with E-state index in [1.165, 1.54) is 18.3 Å². The lowest BCUT2D eigenvalue weighted by atomic mass is 10.1. The molecule has 0 amide bonds. The van der Waals surface area contributed by atoms with Crippen molar-refractivity contribution in [3.8, 4) is 11.3 Å². The van der Waals surface area contributed by atoms with E-state index in [4.69, 9.17) is 13.7 Å². The van der Waals surface area contributed by atoms with Crippen molar-refractivity contribution in [2.75, 3.05) is 0 Å². The fourth-order valence-electron chi connectivity index (χ4n) is 2.42. The predicted molar refractivity (Wildman–Crippen MR) is 86.0 cm³/mol. The summed E-state index contributed by atoms with van der Waals surface area (Å²) >= 11 is 0. The lowest BCUT2D eigenvalue weighted by Gasteiger charge is -2.02. The molecule has 0 saturated carbocycles. The molecule has 0 atom stereocenters. The maximum Gasteiger partial charge on any atom is 0.306 e. The number of hydrogen-bond donors (Lipinski definition) is 0. The van der Waals surface area contributed by atoms with Crippen molar-refractivity contribution in [2.24, 2.45) is 0 Å². The molecule has 1 aromatic carbocycles. The average Bonchev–Trinajstić information content (AvgIpc) is 3.19. The number of oxazole rings is 1. The molecule has 2 aromatic heterocycles. The number of nitrogens with zero attached hydrogens (tertiary/aromatic N) is 2. The molecule has 0 aliphatic rings. The number of aromatic nitrogens is 2. The molecular weight excluding hydrogens is 327 g/mol. The Labute approximate surface area is 143 Å². The van der Waals surface area contributed by atoms with Crippen LogP contribution in [-0.4, -0.2) is 16.1 Å². The van der Waals surface area contributed by atoms with Crippen molar-refractivity contribution in [1.82, 2.24) is 10.1 Å². The van der Waals surface area contributed by atoms with Crippen LogP contribution in [0.25, 0.3) is 11.3 Å². The monoisotopic (exact) mass is 344 g/mol. The summed E-state index contributed by atoms with van der Waals surface area (Å²) in [5.74, 6) is 0.797. The second kappa shape index (κ2) is 7.29. The highest BCUT2D eigenvalue weighted by Crippen LogP contribution is 2.21. The van der Waals surface area contributed by atoms with Gasteiger partial charge in [0.1, 0.15) is 11.6 Å². The molecule has 0 N–H and O–H groups in total. The van der Waals surface area contributed by atoms with Gasteiger partial charge in [0.25, 0.3) is 0 Å². The van der Waals surface area contributed by atoms with Crippen LogP contribution < -0.4 is 0 Å². The Bertz CT molecular complexity index is 848. The molecule has 3 aromatic rings. The van der Waals surface area contributed by atoms with Crippen LogP contribution in [0.5, 0.6) is 0 Å². The normalized spacial score (nSPS) is 10.8. The summed E-state index contributed by atoms with van der Waals surface area (Å²) in [6.45, 7) is 3.59. The molecule has 0 unspecified atom stereocenters. The summed E-state index contributed by atoms with van der Waals surface area (Å²) in [6.07, 6.45) is 2.24. The van der Waals surface area contributed by atoms with Crippen molar-refractivity contribution >= 4 is 5.97 Å². The van der Waals surface area contributed by atoms with E-state index in [1.807, 2.05) is 13.8 Å². The van der Waals surface area contributed by atoms with Gasteiger partial charge < -0.3 is 13.7 Å². The van der Waals surface area contributed by atoms with Crippen LogP contribution in [0.1, 0.15) is 29.3 Å². The molecule has 2 heterocycles. The van der Waals surface area contributed by atoms with Gasteiger partial charge in [-0.05, 0) is 44.5 Å². The maximum atomic E-state index is 12.9.